The number of hydrogen-bond donors (Lipinski definition) is 3. The van der Waals surface area contributed by atoms with Gasteiger partial charge in [-0.2, -0.15) is 9.97 Å². The molecule has 4 atom stereocenters. The minimum atomic E-state index is -1.83. The fourth-order valence-electron chi connectivity index (χ4n) is 2.69. The number of alkyl halides is 1. The molecule has 2 aromatic heterocycles. The van der Waals surface area contributed by atoms with Crippen LogP contribution in [0.4, 0.5) is 10.3 Å². The largest absolute Gasteiger partial charge is 0.476 e. The molecule has 0 aliphatic carbocycles. The molecule has 24 heavy (non-hydrogen) atoms. The number of nitrogens with zero attached hydrogens (tertiary/aromatic N) is 4. The van der Waals surface area contributed by atoms with E-state index in [0.29, 0.717) is 6.61 Å². The first-order valence-corrected chi connectivity index (χ1v) is 7.34. The highest BCUT2D eigenvalue weighted by atomic mass is 19.1. The van der Waals surface area contributed by atoms with Crippen molar-refractivity contribution in [1.29, 1.82) is 0 Å². The van der Waals surface area contributed by atoms with Crippen LogP contribution in [0.1, 0.15) is 13.2 Å². The van der Waals surface area contributed by atoms with Crippen LogP contribution in [0.2, 0.25) is 0 Å². The second kappa shape index (κ2) is 5.96. The number of hydrogen-bond acceptors (Lipinski definition) is 8. The van der Waals surface area contributed by atoms with Crippen LogP contribution in [-0.2, 0) is 4.74 Å². The molecule has 4 N–H and O–H groups in total. The smallest absolute Gasteiger partial charge is 0.247 e. The first-order valence-electron chi connectivity index (χ1n) is 7.34. The summed E-state index contributed by atoms with van der Waals surface area (Å²) in [5, 5.41) is 19.6. The predicted octanol–water partition coefficient (Wildman–Crippen LogP) is -0.0479. The van der Waals surface area contributed by atoms with Gasteiger partial charge in [0.2, 0.25) is 11.8 Å². The number of aliphatic hydroxyl groups is 2. The van der Waals surface area contributed by atoms with Crippen molar-refractivity contribution in [2.75, 3.05) is 18.9 Å². The van der Waals surface area contributed by atoms with Crippen molar-refractivity contribution < 1.29 is 24.1 Å². The molecule has 0 bridgehead atoms. The molecule has 1 saturated heterocycles. The van der Waals surface area contributed by atoms with Crippen LogP contribution in [0.3, 0.4) is 0 Å². The van der Waals surface area contributed by atoms with E-state index in [0.717, 1.165) is 0 Å². The summed E-state index contributed by atoms with van der Waals surface area (Å²) < 4.78 is 26.8. The maximum absolute atomic E-state index is 14.6. The van der Waals surface area contributed by atoms with Gasteiger partial charge in [-0.25, -0.2) is 9.37 Å². The molecule has 10 heteroatoms. The zero-order valence-corrected chi connectivity index (χ0v) is 13.0. The summed E-state index contributed by atoms with van der Waals surface area (Å²) in [7, 11) is 0. The minimum absolute atomic E-state index is 0.0706. The highest BCUT2D eigenvalue weighted by Crippen LogP contribution is 2.41. The van der Waals surface area contributed by atoms with Gasteiger partial charge in [0.05, 0.1) is 19.5 Å². The van der Waals surface area contributed by atoms with Gasteiger partial charge in [0.15, 0.2) is 23.6 Å². The molecule has 3 heterocycles. The summed E-state index contributed by atoms with van der Waals surface area (Å²) in [6.45, 7) is 4.99. The fourth-order valence-corrected chi connectivity index (χ4v) is 2.69. The second-order valence-electron chi connectivity index (χ2n) is 5.36. The number of aliphatic hydroxyl groups excluding tert-OH is 2. The summed E-state index contributed by atoms with van der Waals surface area (Å²) in [6, 6.07) is 0. The van der Waals surface area contributed by atoms with Crippen molar-refractivity contribution in [1.82, 2.24) is 19.5 Å². The number of fused-ring (bicyclic) bond motifs is 1. The van der Waals surface area contributed by atoms with Crippen molar-refractivity contribution in [2.45, 2.75) is 31.0 Å². The average Bonchev–Trinajstić information content (AvgIpc) is 3.09. The second-order valence-corrected chi connectivity index (χ2v) is 5.36. The van der Waals surface area contributed by atoms with Gasteiger partial charge in [0.25, 0.3) is 0 Å². The highest BCUT2D eigenvalue weighted by molar-refractivity contribution is 5.77. The Kier molecular flexibility index (Phi) is 4.11. The van der Waals surface area contributed by atoms with Crippen molar-refractivity contribution >= 4 is 17.1 Å². The molecule has 2 aromatic rings. The third-order valence-corrected chi connectivity index (χ3v) is 3.97. The van der Waals surface area contributed by atoms with Crippen LogP contribution in [0.25, 0.3) is 11.2 Å². The predicted molar refractivity (Wildman–Crippen MR) is 81.9 cm³/mol. The van der Waals surface area contributed by atoms with E-state index in [1.165, 1.54) is 17.0 Å². The van der Waals surface area contributed by atoms with E-state index in [1.54, 1.807) is 6.92 Å². The van der Waals surface area contributed by atoms with E-state index in [1.807, 2.05) is 0 Å². The Bertz CT molecular complexity index is 769. The van der Waals surface area contributed by atoms with Crippen LogP contribution >= 0.6 is 0 Å². The number of nitrogen functional groups attached to an aromatic ring is 1. The van der Waals surface area contributed by atoms with E-state index < -0.39 is 30.7 Å². The SMILES string of the molecule is C=CC1(CO)OC(n2cnc3c(OCC)nc(N)nc32)C(F)C1O. The highest BCUT2D eigenvalue weighted by Gasteiger charge is 2.54. The Morgan fingerprint density at radius 3 is 2.92 bits per heavy atom. The van der Waals surface area contributed by atoms with Gasteiger partial charge >= 0.3 is 0 Å². The van der Waals surface area contributed by atoms with Crippen molar-refractivity contribution in [2.24, 2.45) is 0 Å². The van der Waals surface area contributed by atoms with E-state index >= 15 is 0 Å². The molecule has 0 saturated carbocycles. The zero-order valence-electron chi connectivity index (χ0n) is 13.0. The van der Waals surface area contributed by atoms with Crippen molar-refractivity contribution in [3.63, 3.8) is 0 Å². The number of ether oxygens (including phenoxy) is 2. The van der Waals surface area contributed by atoms with E-state index in [-0.39, 0.29) is 23.0 Å². The van der Waals surface area contributed by atoms with Gasteiger partial charge < -0.3 is 25.4 Å². The molecule has 130 valence electrons. The summed E-state index contributed by atoms with van der Waals surface area (Å²) >= 11 is 0. The zero-order chi connectivity index (χ0) is 17.5. The Hall–Kier alpha value is -2.30. The molecule has 9 nitrogen and oxygen atoms in total. The first kappa shape index (κ1) is 16.6. The quantitative estimate of drug-likeness (QED) is 0.647. The van der Waals surface area contributed by atoms with Gasteiger partial charge in [0, 0.05) is 0 Å². The van der Waals surface area contributed by atoms with Crippen LogP contribution < -0.4 is 10.5 Å². The molecular weight excluding hydrogens is 321 g/mol. The number of nitrogens with two attached hydrogens (primary N) is 1. The fraction of sp³-hybridized carbons (Fsp3) is 0.500. The molecule has 4 unspecified atom stereocenters. The molecular formula is C14H18FN5O4. The number of halogens is 1. The van der Waals surface area contributed by atoms with E-state index in [4.69, 9.17) is 15.2 Å². The molecule has 1 fully saturated rings. The lowest BCUT2D eigenvalue weighted by molar-refractivity contribution is -0.0960. The van der Waals surface area contributed by atoms with Gasteiger partial charge in [-0.3, -0.25) is 4.57 Å². The lowest BCUT2D eigenvalue weighted by Crippen LogP contribution is -2.43. The van der Waals surface area contributed by atoms with Crippen molar-refractivity contribution in [3.05, 3.63) is 19.0 Å². The van der Waals surface area contributed by atoms with E-state index in [2.05, 4.69) is 21.5 Å². The Morgan fingerprint density at radius 1 is 1.58 bits per heavy atom. The molecule has 0 amide bonds. The minimum Gasteiger partial charge on any atom is -0.476 e. The van der Waals surface area contributed by atoms with Gasteiger partial charge in [0.1, 0.15) is 11.7 Å². The third kappa shape index (κ3) is 2.30. The Labute approximate surface area is 136 Å². The summed E-state index contributed by atoms with van der Waals surface area (Å²) in [5.74, 6) is 0.101. The molecule has 0 aromatic carbocycles. The standard InChI is InChI=1S/C14H18FN5O4/c1-3-14(5-21)9(22)7(15)12(24-14)20-6-17-8-10(20)18-13(16)19-11(8)23-4-2/h3,6-7,9,12,21-22H,1,4-5H2,2H3,(H2,16,18,19). The Morgan fingerprint density at radius 2 is 2.33 bits per heavy atom. The van der Waals surface area contributed by atoms with Gasteiger partial charge in [-0.05, 0) is 6.92 Å². The molecule has 0 radical (unpaired) electrons. The lowest BCUT2D eigenvalue weighted by atomic mass is 9.97. The van der Waals surface area contributed by atoms with Crippen LogP contribution in [0.15, 0.2) is 19.0 Å². The normalized spacial score (nSPS) is 29.9. The molecule has 3 rings (SSSR count). The summed E-state index contributed by atoms with van der Waals surface area (Å²) in [6.07, 6.45) is -2.22. The number of rotatable bonds is 5. The molecule has 1 aliphatic rings. The van der Waals surface area contributed by atoms with E-state index in [9.17, 15) is 14.6 Å². The summed E-state index contributed by atoms with van der Waals surface area (Å²) in [5.41, 5.74) is 4.54. The first-order chi connectivity index (χ1) is 11.5. The number of imidazole rings is 1. The van der Waals surface area contributed by atoms with Crippen molar-refractivity contribution in [3.8, 4) is 5.88 Å². The number of aromatic nitrogens is 4. The third-order valence-electron chi connectivity index (χ3n) is 3.97. The van der Waals surface area contributed by atoms with Crippen LogP contribution in [0.5, 0.6) is 5.88 Å². The summed E-state index contributed by atoms with van der Waals surface area (Å²) in [4.78, 5) is 12.1. The Balaban J connectivity index is 2.09. The van der Waals surface area contributed by atoms with Crippen LogP contribution in [0, 0.1) is 0 Å². The number of anilines is 1. The van der Waals surface area contributed by atoms with Gasteiger partial charge in [-0.1, -0.05) is 6.08 Å². The topological polar surface area (TPSA) is 129 Å². The lowest BCUT2D eigenvalue weighted by Gasteiger charge is -2.25. The maximum Gasteiger partial charge on any atom is 0.247 e. The maximum atomic E-state index is 14.6. The molecule has 1 aliphatic heterocycles. The monoisotopic (exact) mass is 339 g/mol. The van der Waals surface area contributed by atoms with Gasteiger partial charge in [-0.15, -0.1) is 6.58 Å². The van der Waals surface area contributed by atoms with Crippen LogP contribution in [-0.4, -0.2) is 60.8 Å². The average molecular weight is 339 g/mol. The molecule has 0 spiro atoms.